The third kappa shape index (κ3) is 5.45. The minimum Gasteiger partial charge on any atom is -0.478 e. The lowest BCUT2D eigenvalue weighted by molar-refractivity contribution is -0.122. The molecular formula is C21H25NO3. The van der Waals surface area contributed by atoms with Crippen LogP contribution in [0.25, 0.3) is 0 Å². The van der Waals surface area contributed by atoms with E-state index in [9.17, 15) is 14.7 Å². The van der Waals surface area contributed by atoms with Gasteiger partial charge in [0.15, 0.2) is 0 Å². The van der Waals surface area contributed by atoms with E-state index in [4.69, 9.17) is 0 Å². The number of amides is 1. The van der Waals surface area contributed by atoms with Gasteiger partial charge in [0.25, 0.3) is 0 Å². The number of carbonyl (C=O) groups is 2. The van der Waals surface area contributed by atoms with Crippen LogP contribution < -0.4 is 5.32 Å². The summed E-state index contributed by atoms with van der Waals surface area (Å²) in [6.45, 7) is 6.07. The number of hydrogen-bond donors (Lipinski definition) is 2. The largest absolute Gasteiger partial charge is 0.478 e. The Morgan fingerprint density at radius 1 is 1.00 bits per heavy atom. The van der Waals surface area contributed by atoms with Crippen molar-refractivity contribution >= 4 is 11.9 Å². The Labute approximate surface area is 148 Å². The second-order valence-corrected chi connectivity index (χ2v) is 7.00. The molecule has 0 aromatic heterocycles. The lowest BCUT2D eigenvalue weighted by Crippen LogP contribution is -2.45. The Balaban J connectivity index is 1.95. The minimum absolute atomic E-state index is 0.0706. The number of carbonyl (C=O) groups excluding carboxylic acids is 1. The van der Waals surface area contributed by atoms with Crippen LogP contribution >= 0.6 is 0 Å². The van der Waals surface area contributed by atoms with Gasteiger partial charge in [0.05, 0.1) is 5.56 Å². The smallest absolute Gasteiger partial charge is 0.335 e. The van der Waals surface area contributed by atoms with Gasteiger partial charge in [-0.05, 0) is 56.4 Å². The Bertz CT molecular complexity index is 765. The fraction of sp³-hybridized carbons (Fsp3) is 0.333. The van der Waals surface area contributed by atoms with E-state index in [2.05, 4.69) is 24.4 Å². The van der Waals surface area contributed by atoms with Crippen LogP contribution in [0.3, 0.4) is 0 Å². The Morgan fingerprint density at radius 2 is 1.60 bits per heavy atom. The molecule has 0 atom stereocenters. The maximum Gasteiger partial charge on any atom is 0.335 e. The maximum absolute atomic E-state index is 12.3. The number of carboxylic acids is 1. The Hall–Kier alpha value is -2.62. The first-order valence-electron chi connectivity index (χ1n) is 8.45. The first-order chi connectivity index (χ1) is 11.8. The average molecular weight is 339 g/mol. The number of aromatic carboxylic acids is 1. The topological polar surface area (TPSA) is 66.4 Å². The second kappa shape index (κ2) is 7.97. The van der Waals surface area contributed by atoms with Crippen LogP contribution in [0.5, 0.6) is 0 Å². The van der Waals surface area contributed by atoms with E-state index < -0.39 is 5.97 Å². The van der Waals surface area contributed by atoms with Crippen molar-refractivity contribution in [3.8, 4) is 0 Å². The zero-order valence-electron chi connectivity index (χ0n) is 15.0. The van der Waals surface area contributed by atoms with Crippen LogP contribution in [0.2, 0.25) is 0 Å². The number of aryl methyl sites for hydroxylation is 2. The predicted octanol–water partition coefficient (Wildman–Crippen LogP) is 3.76. The summed E-state index contributed by atoms with van der Waals surface area (Å²) in [5.74, 6) is -1.03. The van der Waals surface area contributed by atoms with Gasteiger partial charge >= 0.3 is 5.97 Å². The van der Waals surface area contributed by atoms with Gasteiger partial charge < -0.3 is 10.4 Å². The molecule has 0 heterocycles. The van der Waals surface area contributed by atoms with Gasteiger partial charge in [0.1, 0.15) is 0 Å². The van der Waals surface area contributed by atoms with Gasteiger partial charge in [-0.1, -0.05) is 42.5 Å². The van der Waals surface area contributed by atoms with Crippen molar-refractivity contribution in [2.75, 3.05) is 0 Å². The molecule has 25 heavy (non-hydrogen) atoms. The highest BCUT2D eigenvalue weighted by Crippen LogP contribution is 2.17. The third-order valence-electron chi connectivity index (χ3n) is 4.24. The monoisotopic (exact) mass is 339 g/mol. The molecule has 0 radical (unpaired) electrons. The fourth-order valence-corrected chi connectivity index (χ4v) is 2.96. The summed E-state index contributed by atoms with van der Waals surface area (Å²) in [5, 5.41) is 12.3. The number of hydrogen-bond acceptors (Lipinski definition) is 2. The maximum atomic E-state index is 12.3. The normalized spacial score (nSPS) is 11.2. The molecule has 1 amide bonds. The summed E-state index contributed by atoms with van der Waals surface area (Å²) in [6, 6.07) is 15.0. The highest BCUT2D eigenvalue weighted by molar-refractivity contribution is 5.89. The summed E-state index contributed by atoms with van der Waals surface area (Å²) in [5.41, 5.74) is 3.00. The van der Waals surface area contributed by atoms with E-state index in [0.29, 0.717) is 12.0 Å². The zero-order valence-corrected chi connectivity index (χ0v) is 15.0. The van der Waals surface area contributed by atoms with E-state index in [0.717, 1.165) is 6.42 Å². The van der Waals surface area contributed by atoms with E-state index >= 15 is 0 Å². The highest BCUT2D eigenvalue weighted by Gasteiger charge is 2.22. The summed E-state index contributed by atoms with van der Waals surface area (Å²) in [7, 11) is 0. The van der Waals surface area contributed by atoms with Gasteiger partial charge in [0.2, 0.25) is 5.91 Å². The van der Waals surface area contributed by atoms with Crippen LogP contribution in [0.15, 0.2) is 48.5 Å². The zero-order chi connectivity index (χ0) is 18.4. The van der Waals surface area contributed by atoms with Crippen LogP contribution in [0.1, 0.15) is 47.3 Å². The summed E-state index contributed by atoms with van der Waals surface area (Å²) in [6.07, 6.45) is 1.42. The fourth-order valence-electron chi connectivity index (χ4n) is 2.96. The molecule has 2 aromatic carbocycles. The van der Waals surface area contributed by atoms with E-state index in [1.54, 1.807) is 24.3 Å². The van der Waals surface area contributed by atoms with Crippen LogP contribution in [0, 0.1) is 6.92 Å². The van der Waals surface area contributed by atoms with E-state index in [-0.39, 0.29) is 23.4 Å². The van der Waals surface area contributed by atoms with E-state index in [1.807, 2.05) is 26.0 Å². The molecule has 2 rings (SSSR count). The summed E-state index contributed by atoms with van der Waals surface area (Å²) < 4.78 is 0. The Morgan fingerprint density at radius 3 is 2.24 bits per heavy atom. The van der Waals surface area contributed by atoms with Crippen molar-refractivity contribution in [2.24, 2.45) is 0 Å². The molecular weight excluding hydrogens is 314 g/mol. The summed E-state index contributed by atoms with van der Waals surface area (Å²) >= 11 is 0. The van der Waals surface area contributed by atoms with Crippen LogP contribution in [0.4, 0.5) is 0 Å². The molecule has 2 N–H and O–H groups in total. The predicted molar refractivity (Wildman–Crippen MR) is 98.8 cm³/mol. The SMILES string of the molecule is Cc1ccccc1CC(C)(C)NC(=O)CCc1ccccc1C(=O)O. The molecule has 0 aliphatic carbocycles. The number of carboxylic acid groups (broad SMARTS) is 1. The van der Waals surface area contributed by atoms with Gasteiger partial charge in [0, 0.05) is 12.0 Å². The van der Waals surface area contributed by atoms with Crippen molar-refractivity contribution < 1.29 is 14.7 Å². The van der Waals surface area contributed by atoms with Gasteiger partial charge in [-0.3, -0.25) is 4.79 Å². The average Bonchev–Trinajstić information content (AvgIpc) is 2.54. The van der Waals surface area contributed by atoms with E-state index in [1.165, 1.54) is 11.1 Å². The molecule has 0 aliphatic rings. The molecule has 0 spiro atoms. The molecule has 0 aliphatic heterocycles. The quantitative estimate of drug-likeness (QED) is 0.807. The molecule has 0 saturated heterocycles. The lowest BCUT2D eigenvalue weighted by atomic mass is 9.92. The van der Waals surface area contributed by atoms with Crippen molar-refractivity contribution in [1.29, 1.82) is 0 Å². The molecule has 0 unspecified atom stereocenters. The first kappa shape index (κ1) is 18.7. The molecule has 0 saturated carbocycles. The number of nitrogens with one attached hydrogen (secondary N) is 1. The second-order valence-electron chi connectivity index (χ2n) is 7.00. The third-order valence-corrected chi connectivity index (χ3v) is 4.24. The first-order valence-corrected chi connectivity index (χ1v) is 8.45. The lowest BCUT2D eigenvalue weighted by Gasteiger charge is -2.27. The van der Waals surface area contributed by atoms with Crippen molar-refractivity contribution in [3.63, 3.8) is 0 Å². The van der Waals surface area contributed by atoms with Gasteiger partial charge in [-0.2, -0.15) is 0 Å². The standard InChI is InChI=1S/C21H25NO3/c1-15-8-4-5-10-17(15)14-21(2,3)22-19(23)13-12-16-9-6-7-11-18(16)20(24)25/h4-11H,12-14H2,1-3H3,(H,22,23)(H,24,25). The van der Waals surface area contributed by atoms with Crippen LogP contribution in [-0.4, -0.2) is 22.5 Å². The Kier molecular flexibility index (Phi) is 5.97. The number of rotatable bonds is 7. The highest BCUT2D eigenvalue weighted by atomic mass is 16.4. The molecule has 4 nitrogen and oxygen atoms in total. The molecule has 4 heteroatoms. The van der Waals surface area contributed by atoms with Crippen molar-refractivity contribution in [3.05, 3.63) is 70.8 Å². The van der Waals surface area contributed by atoms with Crippen LogP contribution in [-0.2, 0) is 17.6 Å². The number of benzene rings is 2. The molecule has 0 bridgehead atoms. The van der Waals surface area contributed by atoms with Crippen molar-refractivity contribution in [2.45, 2.75) is 45.6 Å². The van der Waals surface area contributed by atoms with Crippen molar-refractivity contribution in [1.82, 2.24) is 5.32 Å². The molecule has 2 aromatic rings. The summed E-state index contributed by atoms with van der Waals surface area (Å²) in [4.78, 5) is 23.6. The van der Waals surface area contributed by atoms with Gasteiger partial charge in [-0.25, -0.2) is 4.79 Å². The molecule has 132 valence electrons. The van der Waals surface area contributed by atoms with Gasteiger partial charge in [-0.15, -0.1) is 0 Å². The minimum atomic E-state index is -0.962. The molecule has 0 fully saturated rings.